The average Bonchev–Trinajstić information content (AvgIpc) is 3.40. The summed E-state index contributed by atoms with van der Waals surface area (Å²) in [6, 6.07) is 37.9. The minimum atomic E-state index is 0. The molecule has 0 amide bonds. The monoisotopic (exact) mass is 526 g/mol. The van der Waals surface area contributed by atoms with Gasteiger partial charge in [0.15, 0.2) is 0 Å². The smallest absolute Gasteiger partial charge is 0.254 e. The van der Waals surface area contributed by atoms with Crippen LogP contribution in [0.2, 0.25) is 0 Å². The second-order valence-electron chi connectivity index (χ2n) is 9.39. The van der Waals surface area contributed by atoms with Crippen LogP contribution in [0.3, 0.4) is 0 Å². The van der Waals surface area contributed by atoms with Crippen molar-refractivity contribution in [1.82, 2.24) is 4.57 Å². The van der Waals surface area contributed by atoms with Crippen molar-refractivity contribution < 1.29 is 17.0 Å². The highest BCUT2D eigenvalue weighted by molar-refractivity contribution is 7.99. The van der Waals surface area contributed by atoms with Crippen LogP contribution in [0.5, 0.6) is 0 Å². The number of rotatable bonds is 6. The Kier molecular flexibility index (Phi) is 10.6. The molecule has 0 aliphatic heterocycles. The zero-order chi connectivity index (χ0) is 25.3. The molecule has 190 valence electrons. The van der Waals surface area contributed by atoms with Crippen molar-refractivity contribution in [2.45, 2.75) is 49.3 Å². The van der Waals surface area contributed by atoms with Crippen molar-refractivity contribution in [1.29, 1.82) is 0 Å². The average molecular weight is 527 g/mol. The van der Waals surface area contributed by atoms with Gasteiger partial charge in [-0.3, -0.25) is 0 Å². The first kappa shape index (κ1) is 28.3. The fraction of sp³-hybridized carbons (Fsp3) is 0.182. The molecule has 5 aromatic rings. The summed E-state index contributed by atoms with van der Waals surface area (Å²) < 4.78 is 4.43. The van der Waals surface area contributed by atoms with E-state index in [1.54, 1.807) is 11.8 Å². The summed E-state index contributed by atoms with van der Waals surface area (Å²) in [5, 5.41) is 0. The number of halogens is 1. The molecule has 0 fully saturated rings. The van der Waals surface area contributed by atoms with E-state index in [4.69, 9.17) is 0 Å². The molecule has 5 rings (SSSR count). The first-order valence-corrected chi connectivity index (χ1v) is 13.4. The lowest BCUT2D eigenvalue weighted by molar-refractivity contribution is -0.596. The van der Waals surface area contributed by atoms with Gasteiger partial charge in [0.1, 0.15) is 23.8 Å². The summed E-state index contributed by atoms with van der Waals surface area (Å²) in [4.78, 5) is 2.57. The molecule has 0 saturated carbocycles. The van der Waals surface area contributed by atoms with E-state index in [2.05, 4.69) is 147 Å². The summed E-state index contributed by atoms with van der Waals surface area (Å²) in [5.74, 6) is 0.993. The Labute approximate surface area is 232 Å². The van der Waals surface area contributed by atoms with Crippen molar-refractivity contribution in [2.75, 3.05) is 0 Å². The molecule has 0 aliphatic rings. The molecule has 1 heterocycles. The summed E-state index contributed by atoms with van der Waals surface area (Å²) >= 11 is 1.79. The van der Waals surface area contributed by atoms with Gasteiger partial charge < -0.3 is 12.4 Å². The first-order valence-electron chi connectivity index (χ1n) is 12.6. The zero-order valence-electron chi connectivity index (χ0n) is 22.0. The summed E-state index contributed by atoms with van der Waals surface area (Å²) in [7, 11) is 0. The molecule has 0 unspecified atom stereocenters. The van der Waals surface area contributed by atoms with Gasteiger partial charge in [-0.2, -0.15) is 0 Å². The van der Waals surface area contributed by atoms with E-state index >= 15 is 0 Å². The number of hydrogen-bond donors (Lipinski definition) is 0. The maximum Gasteiger partial charge on any atom is 0.254 e. The maximum atomic E-state index is 2.26. The first-order chi connectivity index (χ1) is 17.5. The van der Waals surface area contributed by atoms with E-state index in [9.17, 15) is 0 Å². The molecular formula is C33H35ClN2S. The Morgan fingerprint density at radius 3 is 1.51 bits per heavy atom. The minimum absolute atomic E-state index is 0. The molecule has 2 nitrogen and oxygen atoms in total. The summed E-state index contributed by atoms with van der Waals surface area (Å²) in [6.07, 6.45) is 6.44. The summed E-state index contributed by atoms with van der Waals surface area (Å²) in [6.45, 7) is 9.05. The predicted octanol–water partition coefficient (Wildman–Crippen LogP) is 5.84. The van der Waals surface area contributed by atoms with Gasteiger partial charge in [-0.25, -0.2) is 9.13 Å². The van der Waals surface area contributed by atoms with Crippen molar-refractivity contribution in [3.63, 3.8) is 0 Å². The highest BCUT2D eigenvalue weighted by Gasteiger charge is 2.20. The fourth-order valence-corrected chi connectivity index (χ4v) is 5.02. The SMILES string of the molecule is CC(C)c1cccc(C(C)C)c1-[n+]1ccn(-c2ccccc2)c1.[Cl-].c1ccc(Sc2ccccc2)cc1. The van der Waals surface area contributed by atoms with Gasteiger partial charge in [-0.15, -0.1) is 0 Å². The molecule has 0 aliphatic carbocycles. The van der Waals surface area contributed by atoms with Gasteiger partial charge >= 0.3 is 0 Å². The molecule has 4 aromatic carbocycles. The van der Waals surface area contributed by atoms with Crippen LogP contribution in [-0.4, -0.2) is 4.57 Å². The van der Waals surface area contributed by atoms with E-state index < -0.39 is 0 Å². The van der Waals surface area contributed by atoms with Gasteiger partial charge in [0, 0.05) is 20.9 Å². The van der Waals surface area contributed by atoms with E-state index in [0.29, 0.717) is 11.8 Å². The number of nitrogens with zero attached hydrogens (tertiary/aromatic N) is 2. The van der Waals surface area contributed by atoms with Gasteiger partial charge in [-0.1, -0.05) is 112 Å². The third-order valence-corrected chi connectivity index (χ3v) is 7.03. The maximum absolute atomic E-state index is 2.26. The fourth-order valence-electron chi connectivity index (χ4n) is 4.16. The Morgan fingerprint density at radius 2 is 1.05 bits per heavy atom. The van der Waals surface area contributed by atoms with Crippen LogP contribution in [0.1, 0.15) is 50.7 Å². The summed E-state index contributed by atoms with van der Waals surface area (Å²) in [5.41, 5.74) is 5.30. The lowest BCUT2D eigenvalue weighted by Gasteiger charge is -2.16. The van der Waals surface area contributed by atoms with Gasteiger partial charge in [-0.05, 0) is 48.2 Å². The van der Waals surface area contributed by atoms with Gasteiger partial charge in [0.2, 0.25) is 0 Å². The van der Waals surface area contributed by atoms with Crippen molar-refractivity contribution in [3.8, 4) is 11.4 Å². The molecule has 0 bridgehead atoms. The number of aromatic nitrogens is 2. The van der Waals surface area contributed by atoms with E-state index in [1.807, 2.05) is 18.2 Å². The van der Waals surface area contributed by atoms with Crippen molar-refractivity contribution in [3.05, 3.63) is 139 Å². The quantitative estimate of drug-likeness (QED) is 0.252. The number of para-hydroxylation sites is 2. The number of imidazole rings is 1. The Bertz CT molecular complexity index is 1280. The van der Waals surface area contributed by atoms with Crippen molar-refractivity contribution >= 4 is 11.8 Å². The highest BCUT2D eigenvalue weighted by Crippen LogP contribution is 2.28. The largest absolute Gasteiger partial charge is 1.00 e. The van der Waals surface area contributed by atoms with Crippen LogP contribution in [0, 0.1) is 0 Å². The molecule has 37 heavy (non-hydrogen) atoms. The lowest BCUT2D eigenvalue weighted by atomic mass is 9.92. The second-order valence-corrected chi connectivity index (χ2v) is 10.5. The Hall–Kier alpha value is -3.27. The molecule has 0 spiro atoms. The second kappa shape index (κ2) is 13.9. The molecular weight excluding hydrogens is 492 g/mol. The molecule has 0 radical (unpaired) electrons. The van der Waals surface area contributed by atoms with Gasteiger partial charge in [0.25, 0.3) is 6.33 Å². The molecule has 0 N–H and O–H groups in total. The van der Waals surface area contributed by atoms with Crippen molar-refractivity contribution in [2.24, 2.45) is 0 Å². The van der Waals surface area contributed by atoms with Crippen LogP contribution in [-0.2, 0) is 0 Å². The number of benzene rings is 4. The van der Waals surface area contributed by atoms with Crippen LogP contribution in [0.25, 0.3) is 11.4 Å². The van der Waals surface area contributed by atoms with Gasteiger partial charge in [0.05, 0.1) is 0 Å². The van der Waals surface area contributed by atoms with Crippen LogP contribution in [0.4, 0.5) is 0 Å². The number of hydrogen-bond acceptors (Lipinski definition) is 1. The Balaban J connectivity index is 0.000000231. The lowest BCUT2D eigenvalue weighted by Crippen LogP contribution is -3.00. The van der Waals surface area contributed by atoms with E-state index in [1.165, 1.54) is 32.3 Å². The molecule has 0 saturated heterocycles. The standard InChI is InChI=1S/C21H25N2.C12H10S.ClH/c1-16(2)19-11-8-12-20(17(3)4)21(19)23-14-13-22(15-23)18-9-6-5-7-10-18;1-3-7-11(8-4-1)13-12-9-5-2-6-10-12;/h5-17H,1-4H3;1-10H;1H/q+1;;/p-1. The third kappa shape index (κ3) is 7.61. The third-order valence-electron chi connectivity index (χ3n) is 6.01. The van der Waals surface area contributed by atoms with Crippen LogP contribution >= 0.6 is 11.8 Å². The van der Waals surface area contributed by atoms with Crippen LogP contribution < -0.4 is 17.0 Å². The molecule has 4 heteroatoms. The normalized spacial score (nSPS) is 10.5. The minimum Gasteiger partial charge on any atom is -1.00 e. The predicted molar refractivity (Wildman–Crippen MR) is 152 cm³/mol. The molecule has 0 atom stereocenters. The van der Waals surface area contributed by atoms with E-state index in [0.717, 1.165) is 0 Å². The molecule has 1 aromatic heterocycles. The van der Waals surface area contributed by atoms with E-state index in [-0.39, 0.29) is 12.4 Å². The topological polar surface area (TPSA) is 8.81 Å². The Morgan fingerprint density at radius 1 is 0.595 bits per heavy atom. The highest BCUT2D eigenvalue weighted by atomic mass is 35.5. The zero-order valence-corrected chi connectivity index (χ0v) is 23.5. The van der Waals surface area contributed by atoms with Crippen LogP contribution in [0.15, 0.2) is 138 Å².